The molecule has 0 aromatic heterocycles. The summed E-state index contributed by atoms with van der Waals surface area (Å²) in [5.41, 5.74) is 0. The van der Waals surface area contributed by atoms with Crippen molar-refractivity contribution in [3.63, 3.8) is 0 Å². The Balaban J connectivity index is 1.82. The molecule has 2 rings (SSSR count). The first-order valence-corrected chi connectivity index (χ1v) is 8.29. The van der Waals surface area contributed by atoms with E-state index in [1.807, 2.05) is 0 Å². The fraction of sp³-hybridized carbons (Fsp3) is 0.938. The molecule has 0 bridgehead atoms. The Hall–Kier alpha value is -0.610. The van der Waals surface area contributed by atoms with Gasteiger partial charge in [-0.05, 0) is 25.2 Å². The van der Waals surface area contributed by atoms with Gasteiger partial charge in [-0.15, -0.1) is 0 Å². The third-order valence-electron chi connectivity index (χ3n) is 5.11. The van der Waals surface area contributed by atoms with Crippen LogP contribution in [0.1, 0.15) is 46.0 Å². The van der Waals surface area contributed by atoms with Gasteiger partial charge < -0.3 is 10.0 Å². The van der Waals surface area contributed by atoms with Crippen LogP contribution in [0.15, 0.2) is 0 Å². The Morgan fingerprint density at radius 3 is 2.50 bits per heavy atom. The summed E-state index contributed by atoms with van der Waals surface area (Å²) in [4.78, 5) is 17.0. The summed E-state index contributed by atoms with van der Waals surface area (Å²) in [5, 5.41) is 9.36. The number of hydrogen-bond donors (Lipinski definition) is 1. The molecular formula is C16H30N2O2. The number of hydrogen-bond acceptors (Lipinski definition) is 3. The highest BCUT2D eigenvalue weighted by atomic mass is 16.3. The van der Waals surface area contributed by atoms with E-state index >= 15 is 0 Å². The van der Waals surface area contributed by atoms with Gasteiger partial charge in [-0.2, -0.15) is 0 Å². The van der Waals surface area contributed by atoms with Gasteiger partial charge in [0.1, 0.15) is 0 Å². The van der Waals surface area contributed by atoms with E-state index in [0.29, 0.717) is 11.8 Å². The largest absolute Gasteiger partial charge is 0.395 e. The van der Waals surface area contributed by atoms with Crippen LogP contribution in [0.2, 0.25) is 0 Å². The fourth-order valence-corrected chi connectivity index (χ4v) is 3.73. The highest BCUT2D eigenvalue weighted by Crippen LogP contribution is 2.30. The number of rotatable bonds is 4. The molecule has 2 aliphatic rings. The van der Waals surface area contributed by atoms with Crippen molar-refractivity contribution < 1.29 is 9.90 Å². The third kappa shape index (κ3) is 3.73. The molecule has 0 aromatic rings. The normalized spacial score (nSPS) is 30.2. The predicted octanol–water partition coefficient (Wildman–Crippen LogP) is 1.73. The van der Waals surface area contributed by atoms with Gasteiger partial charge >= 0.3 is 0 Å². The van der Waals surface area contributed by atoms with E-state index in [2.05, 4.69) is 23.6 Å². The van der Waals surface area contributed by atoms with Gasteiger partial charge in [0.2, 0.25) is 5.91 Å². The van der Waals surface area contributed by atoms with E-state index in [1.54, 1.807) is 0 Å². The first kappa shape index (κ1) is 15.8. The van der Waals surface area contributed by atoms with Crippen molar-refractivity contribution in [1.29, 1.82) is 0 Å². The number of carbonyl (C=O) groups is 1. The second-order valence-corrected chi connectivity index (χ2v) is 6.57. The molecule has 2 fully saturated rings. The molecule has 1 N–H and O–H groups in total. The van der Waals surface area contributed by atoms with Crippen LogP contribution in [0.5, 0.6) is 0 Å². The molecule has 3 atom stereocenters. The van der Waals surface area contributed by atoms with Crippen molar-refractivity contribution >= 4 is 5.91 Å². The van der Waals surface area contributed by atoms with E-state index in [-0.39, 0.29) is 18.6 Å². The lowest BCUT2D eigenvalue weighted by Crippen LogP contribution is -2.54. The van der Waals surface area contributed by atoms with Crippen LogP contribution >= 0.6 is 0 Å². The molecule has 20 heavy (non-hydrogen) atoms. The molecule has 4 heteroatoms. The van der Waals surface area contributed by atoms with Gasteiger partial charge in [0.05, 0.1) is 6.61 Å². The standard InChI is InChI=1S/C16H30N2O2/c1-3-15(12-19)17-7-9-18(10-8-17)16(20)14-6-4-5-13(2)11-14/h13-15,19H,3-12H2,1-2H3. The molecule has 1 amide bonds. The number of aliphatic hydroxyl groups is 1. The van der Waals surface area contributed by atoms with Gasteiger partial charge in [0, 0.05) is 38.1 Å². The molecule has 0 spiro atoms. The molecule has 0 radical (unpaired) electrons. The molecule has 1 aliphatic heterocycles. The highest BCUT2D eigenvalue weighted by Gasteiger charge is 2.31. The molecule has 4 nitrogen and oxygen atoms in total. The van der Waals surface area contributed by atoms with E-state index in [9.17, 15) is 9.90 Å². The lowest BCUT2D eigenvalue weighted by Gasteiger charge is -2.40. The SMILES string of the molecule is CCC(CO)N1CCN(C(=O)C2CCCC(C)C2)CC1. The molecule has 0 aromatic carbocycles. The maximum Gasteiger partial charge on any atom is 0.225 e. The Kier molecular flexibility index (Phi) is 5.85. The van der Waals surface area contributed by atoms with Gasteiger partial charge in [-0.3, -0.25) is 9.69 Å². The van der Waals surface area contributed by atoms with Crippen LogP contribution in [0.25, 0.3) is 0 Å². The summed E-state index contributed by atoms with van der Waals surface area (Å²) in [6.45, 7) is 8.09. The van der Waals surface area contributed by atoms with Crippen molar-refractivity contribution in [2.75, 3.05) is 32.8 Å². The van der Waals surface area contributed by atoms with Crippen molar-refractivity contribution in [2.24, 2.45) is 11.8 Å². The van der Waals surface area contributed by atoms with Gasteiger partial charge in [-0.25, -0.2) is 0 Å². The minimum absolute atomic E-state index is 0.227. The van der Waals surface area contributed by atoms with Gasteiger partial charge in [0.25, 0.3) is 0 Å². The topological polar surface area (TPSA) is 43.8 Å². The molecule has 1 aliphatic carbocycles. The van der Waals surface area contributed by atoms with Crippen molar-refractivity contribution in [2.45, 2.75) is 52.0 Å². The molecule has 1 saturated carbocycles. The highest BCUT2D eigenvalue weighted by molar-refractivity contribution is 5.79. The van der Waals surface area contributed by atoms with Gasteiger partial charge in [0.15, 0.2) is 0 Å². The zero-order valence-corrected chi connectivity index (χ0v) is 13.1. The van der Waals surface area contributed by atoms with Crippen LogP contribution in [0, 0.1) is 11.8 Å². The summed E-state index contributed by atoms with van der Waals surface area (Å²) in [6, 6.07) is 0.266. The summed E-state index contributed by atoms with van der Waals surface area (Å²) in [5.74, 6) is 1.36. The lowest BCUT2D eigenvalue weighted by molar-refractivity contribution is -0.139. The third-order valence-corrected chi connectivity index (χ3v) is 5.11. The van der Waals surface area contributed by atoms with Crippen molar-refractivity contribution in [3.8, 4) is 0 Å². The maximum absolute atomic E-state index is 12.6. The Morgan fingerprint density at radius 2 is 1.95 bits per heavy atom. The monoisotopic (exact) mass is 282 g/mol. The first-order valence-electron chi connectivity index (χ1n) is 8.29. The maximum atomic E-state index is 12.6. The Labute approximate surface area is 123 Å². The number of piperazine rings is 1. The van der Waals surface area contributed by atoms with Gasteiger partial charge in [-0.1, -0.05) is 26.7 Å². The van der Waals surface area contributed by atoms with Crippen LogP contribution in [-0.4, -0.2) is 59.6 Å². The Morgan fingerprint density at radius 1 is 1.25 bits per heavy atom. The number of amides is 1. The van der Waals surface area contributed by atoms with Crippen LogP contribution < -0.4 is 0 Å². The van der Waals surface area contributed by atoms with Crippen molar-refractivity contribution in [3.05, 3.63) is 0 Å². The minimum Gasteiger partial charge on any atom is -0.395 e. The zero-order valence-electron chi connectivity index (χ0n) is 13.1. The van der Waals surface area contributed by atoms with Crippen molar-refractivity contribution in [1.82, 2.24) is 9.80 Å². The summed E-state index contributed by atoms with van der Waals surface area (Å²) in [6.07, 6.45) is 5.63. The summed E-state index contributed by atoms with van der Waals surface area (Å²) < 4.78 is 0. The first-order chi connectivity index (χ1) is 9.65. The van der Waals surface area contributed by atoms with E-state index < -0.39 is 0 Å². The van der Waals surface area contributed by atoms with E-state index in [4.69, 9.17) is 0 Å². The molecule has 116 valence electrons. The molecule has 1 saturated heterocycles. The number of carbonyl (C=O) groups excluding carboxylic acids is 1. The average Bonchev–Trinajstić information content (AvgIpc) is 2.48. The smallest absolute Gasteiger partial charge is 0.225 e. The van der Waals surface area contributed by atoms with Crippen LogP contribution in [-0.2, 0) is 4.79 Å². The molecular weight excluding hydrogens is 252 g/mol. The zero-order chi connectivity index (χ0) is 14.5. The van der Waals surface area contributed by atoms with Crippen LogP contribution in [0.4, 0.5) is 0 Å². The average molecular weight is 282 g/mol. The number of aliphatic hydroxyl groups excluding tert-OH is 1. The Bertz CT molecular complexity index is 310. The fourth-order valence-electron chi connectivity index (χ4n) is 3.73. The second-order valence-electron chi connectivity index (χ2n) is 6.57. The van der Waals surface area contributed by atoms with E-state index in [1.165, 1.54) is 12.8 Å². The molecule has 1 heterocycles. The predicted molar refractivity (Wildman–Crippen MR) is 80.4 cm³/mol. The van der Waals surface area contributed by atoms with E-state index in [0.717, 1.165) is 45.4 Å². The minimum atomic E-state index is 0.227. The second kappa shape index (κ2) is 7.41. The number of nitrogens with zero attached hydrogens (tertiary/aromatic N) is 2. The lowest BCUT2D eigenvalue weighted by atomic mass is 9.81. The molecule has 3 unspecified atom stereocenters. The quantitative estimate of drug-likeness (QED) is 0.854. The summed E-state index contributed by atoms with van der Waals surface area (Å²) >= 11 is 0. The van der Waals surface area contributed by atoms with Crippen LogP contribution in [0.3, 0.4) is 0 Å². The summed E-state index contributed by atoms with van der Waals surface area (Å²) in [7, 11) is 0.